The lowest BCUT2D eigenvalue weighted by molar-refractivity contribution is -0.121. The van der Waals surface area contributed by atoms with Gasteiger partial charge in [-0.1, -0.05) is 0 Å². The van der Waals surface area contributed by atoms with Gasteiger partial charge in [-0.2, -0.15) is 5.26 Å². The number of aliphatic hydroxyl groups is 1. The van der Waals surface area contributed by atoms with Crippen molar-refractivity contribution >= 4 is 16.9 Å². The molecule has 2 aromatic rings. The van der Waals surface area contributed by atoms with Crippen molar-refractivity contribution in [1.82, 2.24) is 5.32 Å². The third kappa shape index (κ3) is 4.74. The molecule has 0 radical (unpaired) electrons. The third-order valence-electron chi connectivity index (χ3n) is 3.70. The number of amides is 1. The number of methoxy groups -OCH3 is 1. The van der Waals surface area contributed by atoms with Crippen molar-refractivity contribution < 1.29 is 19.1 Å². The van der Waals surface area contributed by atoms with E-state index in [0.717, 1.165) is 23.1 Å². The molecule has 0 aliphatic carbocycles. The Hall–Kier alpha value is -2.52. The second kappa shape index (κ2) is 8.94. The van der Waals surface area contributed by atoms with E-state index in [1.807, 2.05) is 18.2 Å². The Morgan fingerprint density at radius 2 is 2.21 bits per heavy atom. The Kier molecular flexibility index (Phi) is 6.64. The van der Waals surface area contributed by atoms with Crippen LogP contribution >= 0.6 is 0 Å². The number of nitrogens with one attached hydrogen (secondary N) is 1. The number of furan rings is 1. The summed E-state index contributed by atoms with van der Waals surface area (Å²) in [5.41, 5.74) is 1.68. The maximum Gasteiger partial charge on any atom is 0.220 e. The molecular formula is C18H22N2O4. The predicted octanol–water partition coefficient (Wildman–Crippen LogP) is 2.33. The molecule has 0 spiro atoms. The van der Waals surface area contributed by atoms with Gasteiger partial charge in [0.05, 0.1) is 19.8 Å². The molecule has 0 unspecified atom stereocenters. The van der Waals surface area contributed by atoms with Crippen LogP contribution in [0.25, 0.3) is 11.0 Å². The molecule has 1 aromatic carbocycles. The number of benzene rings is 1. The quantitative estimate of drug-likeness (QED) is 0.688. The molecule has 0 fully saturated rings. The highest BCUT2D eigenvalue weighted by Crippen LogP contribution is 2.31. The first-order valence-electron chi connectivity index (χ1n) is 8.01. The molecule has 1 heterocycles. The largest absolute Gasteiger partial charge is 0.493 e. The highest BCUT2D eigenvalue weighted by Gasteiger charge is 2.12. The fourth-order valence-electron chi connectivity index (χ4n) is 2.54. The van der Waals surface area contributed by atoms with Gasteiger partial charge in [-0.15, -0.1) is 0 Å². The van der Waals surface area contributed by atoms with Gasteiger partial charge in [0, 0.05) is 31.2 Å². The lowest BCUT2D eigenvalue weighted by atomic mass is 10.1. The minimum Gasteiger partial charge on any atom is -0.493 e. The van der Waals surface area contributed by atoms with Gasteiger partial charge in [-0.25, -0.2) is 0 Å². The van der Waals surface area contributed by atoms with Crippen LogP contribution in [0.4, 0.5) is 0 Å². The van der Waals surface area contributed by atoms with Crippen LogP contribution in [-0.4, -0.2) is 31.3 Å². The van der Waals surface area contributed by atoms with E-state index >= 15 is 0 Å². The monoisotopic (exact) mass is 330 g/mol. The van der Waals surface area contributed by atoms with E-state index in [1.54, 1.807) is 7.11 Å². The van der Waals surface area contributed by atoms with E-state index in [4.69, 9.17) is 19.5 Å². The van der Waals surface area contributed by atoms with Crippen molar-refractivity contribution in [2.45, 2.75) is 32.1 Å². The first kappa shape index (κ1) is 17.8. The summed E-state index contributed by atoms with van der Waals surface area (Å²) in [5.74, 6) is 1.38. The maximum atomic E-state index is 11.6. The van der Waals surface area contributed by atoms with Crippen LogP contribution < -0.4 is 10.1 Å². The summed E-state index contributed by atoms with van der Waals surface area (Å²) in [4.78, 5) is 11.6. The molecule has 2 rings (SSSR count). The van der Waals surface area contributed by atoms with Gasteiger partial charge in [-0.05, 0) is 36.6 Å². The summed E-state index contributed by atoms with van der Waals surface area (Å²) in [7, 11) is 1.59. The van der Waals surface area contributed by atoms with Gasteiger partial charge in [0.1, 0.15) is 5.76 Å². The lowest BCUT2D eigenvalue weighted by Crippen LogP contribution is -2.26. The minimum atomic E-state index is -0.0903. The van der Waals surface area contributed by atoms with Crippen LogP contribution in [0.3, 0.4) is 0 Å². The number of carbonyl (C=O) groups excluding carboxylic acids is 1. The van der Waals surface area contributed by atoms with Crippen LogP contribution in [-0.2, 0) is 17.6 Å². The van der Waals surface area contributed by atoms with E-state index in [1.165, 1.54) is 0 Å². The third-order valence-corrected chi connectivity index (χ3v) is 3.70. The zero-order chi connectivity index (χ0) is 17.4. The molecule has 6 nitrogen and oxygen atoms in total. The number of unbranched alkanes of at least 4 members (excludes halogenated alkanes) is 1. The molecule has 24 heavy (non-hydrogen) atoms. The average molecular weight is 330 g/mol. The number of rotatable bonds is 9. The Morgan fingerprint density at radius 1 is 1.38 bits per heavy atom. The van der Waals surface area contributed by atoms with Crippen LogP contribution in [0.15, 0.2) is 22.6 Å². The number of nitrogens with zero attached hydrogens (tertiary/aromatic N) is 1. The van der Waals surface area contributed by atoms with Crippen LogP contribution in [0, 0.1) is 11.3 Å². The molecule has 0 saturated heterocycles. The molecule has 128 valence electrons. The Bertz CT molecular complexity index is 730. The van der Waals surface area contributed by atoms with Crippen LogP contribution in [0.1, 0.15) is 30.6 Å². The second-order valence-corrected chi connectivity index (χ2v) is 5.51. The summed E-state index contributed by atoms with van der Waals surface area (Å²) in [6, 6.07) is 7.96. The predicted molar refractivity (Wildman–Crippen MR) is 89.7 cm³/mol. The molecule has 0 aliphatic heterocycles. The summed E-state index contributed by atoms with van der Waals surface area (Å²) in [6.07, 6.45) is 2.91. The molecule has 0 saturated carbocycles. The normalized spacial score (nSPS) is 10.5. The molecule has 2 N–H and O–H groups in total. The number of fused-ring (bicyclic) bond motifs is 1. The Labute approximate surface area is 141 Å². The first-order valence-corrected chi connectivity index (χ1v) is 8.01. The summed E-state index contributed by atoms with van der Waals surface area (Å²) in [5, 5.41) is 20.9. The first-order chi connectivity index (χ1) is 11.7. The van der Waals surface area contributed by atoms with E-state index in [0.29, 0.717) is 37.0 Å². The molecular weight excluding hydrogens is 308 g/mol. The number of hydrogen-bond acceptors (Lipinski definition) is 5. The highest BCUT2D eigenvalue weighted by molar-refractivity contribution is 5.85. The van der Waals surface area contributed by atoms with Gasteiger partial charge < -0.3 is 19.6 Å². The Morgan fingerprint density at radius 3 is 2.92 bits per heavy atom. The summed E-state index contributed by atoms with van der Waals surface area (Å²) in [6.45, 7) is 0.212. The SMILES string of the molecule is COc1cc(CCC(=O)NCCO)cc2cc(CCCC#N)oc12. The number of hydrogen-bond donors (Lipinski definition) is 2. The highest BCUT2D eigenvalue weighted by atomic mass is 16.5. The van der Waals surface area contributed by atoms with Gasteiger partial charge in [0.25, 0.3) is 0 Å². The lowest BCUT2D eigenvalue weighted by Gasteiger charge is -2.06. The topological polar surface area (TPSA) is 95.5 Å². The van der Waals surface area contributed by atoms with E-state index in [2.05, 4.69) is 11.4 Å². The number of carbonyl (C=O) groups is 1. The van der Waals surface area contributed by atoms with Crippen LogP contribution in [0.5, 0.6) is 5.75 Å². The van der Waals surface area contributed by atoms with Crippen LogP contribution in [0.2, 0.25) is 0 Å². The molecule has 0 bridgehead atoms. The average Bonchev–Trinajstić information content (AvgIpc) is 3.00. The standard InChI is InChI=1S/C18H22N2O4/c1-23-16-11-13(5-6-17(22)20-8-9-21)10-14-12-15(24-18(14)16)4-2-3-7-19/h10-12,21H,2-6,8-9H2,1H3,(H,20,22). The van der Waals surface area contributed by atoms with Crippen molar-refractivity contribution in [3.63, 3.8) is 0 Å². The van der Waals surface area contributed by atoms with E-state index in [9.17, 15) is 4.79 Å². The minimum absolute atomic E-state index is 0.0604. The molecule has 1 aromatic heterocycles. The molecule has 1 amide bonds. The molecule has 0 aliphatic rings. The number of aliphatic hydroxyl groups excluding tert-OH is 1. The number of nitriles is 1. The second-order valence-electron chi connectivity index (χ2n) is 5.51. The van der Waals surface area contributed by atoms with Crippen molar-refractivity contribution in [1.29, 1.82) is 5.26 Å². The van der Waals surface area contributed by atoms with Gasteiger partial charge in [-0.3, -0.25) is 4.79 Å². The maximum absolute atomic E-state index is 11.6. The van der Waals surface area contributed by atoms with Gasteiger partial charge in [0.2, 0.25) is 5.91 Å². The molecule has 6 heteroatoms. The van der Waals surface area contributed by atoms with Gasteiger partial charge in [0.15, 0.2) is 11.3 Å². The van der Waals surface area contributed by atoms with E-state index < -0.39 is 0 Å². The van der Waals surface area contributed by atoms with E-state index in [-0.39, 0.29) is 19.1 Å². The fourth-order valence-corrected chi connectivity index (χ4v) is 2.54. The zero-order valence-electron chi connectivity index (χ0n) is 13.8. The van der Waals surface area contributed by atoms with Crippen molar-refractivity contribution in [2.24, 2.45) is 0 Å². The van der Waals surface area contributed by atoms with Crippen molar-refractivity contribution in [3.8, 4) is 11.8 Å². The van der Waals surface area contributed by atoms with Crippen molar-refractivity contribution in [3.05, 3.63) is 29.5 Å². The van der Waals surface area contributed by atoms with Gasteiger partial charge >= 0.3 is 0 Å². The Balaban J connectivity index is 2.11. The summed E-state index contributed by atoms with van der Waals surface area (Å²) < 4.78 is 11.2. The zero-order valence-corrected chi connectivity index (χ0v) is 13.8. The number of aryl methyl sites for hydroxylation is 2. The smallest absolute Gasteiger partial charge is 0.220 e. The summed E-state index contributed by atoms with van der Waals surface area (Å²) >= 11 is 0. The van der Waals surface area contributed by atoms with Crippen molar-refractivity contribution in [2.75, 3.05) is 20.3 Å². The number of ether oxygens (including phenoxy) is 1. The molecule has 0 atom stereocenters. The fraction of sp³-hybridized carbons (Fsp3) is 0.444.